The van der Waals surface area contributed by atoms with Gasteiger partial charge in [-0.05, 0) is 63.4 Å². The van der Waals surface area contributed by atoms with Gasteiger partial charge >= 0.3 is 6.09 Å². The van der Waals surface area contributed by atoms with Crippen molar-refractivity contribution in [3.63, 3.8) is 0 Å². The molecule has 2 aromatic rings. The minimum absolute atomic E-state index is 0.0422. The number of aromatic hydroxyl groups is 1. The molecule has 0 bridgehead atoms. The zero-order chi connectivity index (χ0) is 24.2. The Bertz CT molecular complexity index is 1010. The van der Waals surface area contributed by atoms with Gasteiger partial charge in [-0.2, -0.15) is 0 Å². The molecule has 0 saturated carbocycles. The van der Waals surface area contributed by atoms with Crippen LogP contribution >= 0.6 is 0 Å². The predicted octanol–water partition coefficient (Wildman–Crippen LogP) is 4.24. The summed E-state index contributed by atoms with van der Waals surface area (Å²) in [5.41, 5.74) is -0.399. The number of rotatable bonds is 5. The SMILES string of the molecule is COc1cccc(O)c1C(=O)NCC1(c2cccc(F)c2)CCN(C(=O)OC(C)(C)C)CC1. The number of phenolic OH excluding ortho intramolecular Hbond substituents is 1. The minimum Gasteiger partial charge on any atom is -0.507 e. The fraction of sp³-hybridized carbons (Fsp3) is 0.440. The van der Waals surface area contributed by atoms with Crippen LogP contribution in [0.1, 0.15) is 49.5 Å². The third-order valence-corrected chi connectivity index (χ3v) is 5.85. The molecule has 0 aromatic heterocycles. The van der Waals surface area contributed by atoms with Crippen molar-refractivity contribution < 1.29 is 28.6 Å². The molecule has 1 aliphatic rings. The summed E-state index contributed by atoms with van der Waals surface area (Å²) >= 11 is 0. The van der Waals surface area contributed by atoms with E-state index in [1.54, 1.807) is 23.1 Å². The van der Waals surface area contributed by atoms with E-state index in [1.165, 1.54) is 25.3 Å². The second-order valence-electron chi connectivity index (χ2n) is 9.30. The number of phenols is 1. The molecule has 1 fully saturated rings. The van der Waals surface area contributed by atoms with Crippen molar-refractivity contribution in [3.05, 3.63) is 59.4 Å². The van der Waals surface area contributed by atoms with Crippen LogP contribution in [0.2, 0.25) is 0 Å². The average Bonchev–Trinajstić information content (AvgIpc) is 2.76. The fourth-order valence-corrected chi connectivity index (χ4v) is 4.09. The normalized spacial score (nSPS) is 15.6. The number of nitrogens with one attached hydrogen (secondary N) is 1. The van der Waals surface area contributed by atoms with E-state index in [0.29, 0.717) is 25.9 Å². The molecule has 33 heavy (non-hydrogen) atoms. The van der Waals surface area contributed by atoms with E-state index in [1.807, 2.05) is 26.8 Å². The number of nitrogens with zero attached hydrogens (tertiary/aromatic N) is 1. The molecule has 2 N–H and O–H groups in total. The quantitative estimate of drug-likeness (QED) is 0.700. The van der Waals surface area contributed by atoms with E-state index < -0.39 is 23.0 Å². The van der Waals surface area contributed by atoms with E-state index in [-0.39, 0.29) is 29.4 Å². The zero-order valence-electron chi connectivity index (χ0n) is 19.5. The summed E-state index contributed by atoms with van der Waals surface area (Å²) in [6.07, 6.45) is 0.625. The largest absolute Gasteiger partial charge is 0.507 e. The van der Waals surface area contributed by atoms with Crippen molar-refractivity contribution in [2.75, 3.05) is 26.7 Å². The van der Waals surface area contributed by atoms with Crippen LogP contribution in [-0.4, -0.2) is 54.4 Å². The molecule has 3 rings (SSSR count). The molecule has 7 nitrogen and oxygen atoms in total. The van der Waals surface area contributed by atoms with Crippen molar-refractivity contribution in [3.8, 4) is 11.5 Å². The first kappa shape index (κ1) is 24.4. The third-order valence-electron chi connectivity index (χ3n) is 5.85. The van der Waals surface area contributed by atoms with Gasteiger partial charge in [-0.15, -0.1) is 0 Å². The maximum absolute atomic E-state index is 14.1. The molecule has 1 saturated heterocycles. The van der Waals surface area contributed by atoms with Gasteiger partial charge in [0.05, 0.1) is 7.11 Å². The highest BCUT2D eigenvalue weighted by Gasteiger charge is 2.39. The predicted molar refractivity (Wildman–Crippen MR) is 122 cm³/mol. The van der Waals surface area contributed by atoms with Crippen molar-refractivity contribution in [2.45, 2.75) is 44.6 Å². The number of methoxy groups -OCH3 is 1. The summed E-state index contributed by atoms with van der Waals surface area (Å²) in [5, 5.41) is 13.1. The van der Waals surface area contributed by atoms with Gasteiger partial charge in [-0.1, -0.05) is 18.2 Å². The molecule has 1 heterocycles. The van der Waals surface area contributed by atoms with Gasteiger partial charge in [0, 0.05) is 25.0 Å². The van der Waals surface area contributed by atoms with Gasteiger partial charge in [0.15, 0.2) is 0 Å². The maximum atomic E-state index is 14.1. The lowest BCUT2D eigenvalue weighted by atomic mass is 9.72. The van der Waals surface area contributed by atoms with Crippen LogP contribution in [0.5, 0.6) is 11.5 Å². The summed E-state index contributed by atoms with van der Waals surface area (Å²) in [6, 6.07) is 10.9. The van der Waals surface area contributed by atoms with Crippen molar-refractivity contribution in [1.29, 1.82) is 0 Å². The van der Waals surface area contributed by atoms with E-state index in [4.69, 9.17) is 9.47 Å². The lowest BCUT2D eigenvalue weighted by Crippen LogP contribution is -2.51. The second kappa shape index (κ2) is 9.68. The number of halogens is 1. The lowest BCUT2D eigenvalue weighted by molar-refractivity contribution is 0.0162. The molecule has 2 amide bonds. The van der Waals surface area contributed by atoms with Crippen LogP contribution in [0.25, 0.3) is 0 Å². The minimum atomic E-state index is -0.598. The molecule has 8 heteroatoms. The van der Waals surface area contributed by atoms with E-state index in [2.05, 4.69) is 5.32 Å². The van der Waals surface area contributed by atoms with Gasteiger partial charge in [0.25, 0.3) is 5.91 Å². The Balaban J connectivity index is 1.81. The number of hydrogen-bond acceptors (Lipinski definition) is 5. The van der Waals surface area contributed by atoms with Crippen LogP contribution in [-0.2, 0) is 10.2 Å². The average molecular weight is 459 g/mol. The molecule has 0 atom stereocenters. The lowest BCUT2D eigenvalue weighted by Gasteiger charge is -2.42. The van der Waals surface area contributed by atoms with Crippen molar-refractivity contribution >= 4 is 12.0 Å². The Morgan fingerprint density at radius 1 is 1.15 bits per heavy atom. The van der Waals surface area contributed by atoms with Crippen LogP contribution < -0.4 is 10.1 Å². The van der Waals surface area contributed by atoms with Crippen molar-refractivity contribution in [2.24, 2.45) is 0 Å². The molecular weight excluding hydrogens is 427 g/mol. The van der Waals surface area contributed by atoms with Gasteiger partial charge < -0.3 is 24.8 Å². The van der Waals surface area contributed by atoms with Gasteiger partial charge in [-0.3, -0.25) is 4.79 Å². The zero-order valence-corrected chi connectivity index (χ0v) is 19.5. The van der Waals surface area contributed by atoms with Crippen LogP contribution in [0.4, 0.5) is 9.18 Å². The number of likely N-dealkylation sites (tertiary alicyclic amines) is 1. The highest BCUT2D eigenvalue weighted by Crippen LogP contribution is 2.36. The van der Waals surface area contributed by atoms with Gasteiger partial charge in [-0.25, -0.2) is 9.18 Å². The molecule has 178 valence electrons. The third kappa shape index (κ3) is 5.74. The fourth-order valence-electron chi connectivity index (χ4n) is 4.09. The molecule has 1 aliphatic heterocycles. The summed E-state index contributed by atoms with van der Waals surface area (Å²) < 4.78 is 24.8. The molecule has 0 aliphatic carbocycles. The van der Waals surface area contributed by atoms with Gasteiger partial charge in [0.1, 0.15) is 28.5 Å². The number of ether oxygens (including phenoxy) is 2. The molecular formula is C25H31FN2O5. The molecule has 0 radical (unpaired) electrons. The summed E-state index contributed by atoms with van der Waals surface area (Å²) in [4.78, 5) is 27.1. The number of amides is 2. The van der Waals surface area contributed by atoms with Gasteiger partial charge in [0.2, 0.25) is 0 Å². The van der Waals surface area contributed by atoms with E-state index in [0.717, 1.165) is 5.56 Å². The Hall–Kier alpha value is -3.29. The first-order valence-electron chi connectivity index (χ1n) is 10.9. The number of hydrogen-bond donors (Lipinski definition) is 2. The summed E-state index contributed by atoms with van der Waals surface area (Å²) in [6.45, 7) is 6.45. The first-order valence-corrected chi connectivity index (χ1v) is 10.9. The summed E-state index contributed by atoms with van der Waals surface area (Å²) in [7, 11) is 1.42. The van der Waals surface area contributed by atoms with E-state index >= 15 is 0 Å². The Morgan fingerprint density at radius 2 is 1.82 bits per heavy atom. The Morgan fingerprint density at radius 3 is 2.42 bits per heavy atom. The highest BCUT2D eigenvalue weighted by atomic mass is 19.1. The molecule has 0 unspecified atom stereocenters. The highest BCUT2D eigenvalue weighted by molar-refractivity contribution is 5.99. The number of piperidine rings is 1. The van der Waals surface area contributed by atoms with E-state index in [9.17, 15) is 19.1 Å². The number of carbonyl (C=O) groups excluding carboxylic acids is 2. The molecule has 2 aromatic carbocycles. The summed E-state index contributed by atoms with van der Waals surface area (Å²) in [5.74, 6) is -0.788. The first-order chi connectivity index (χ1) is 15.5. The van der Waals surface area contributed by atoms with Crippen molar-refractivity contribution in [1.82, 2.24) is 10.2 Å². The number of carbonyl (C=O) groups is 2. The Kier molecular flexibility index (Phi) is 7.15. The smallest absolute Gasteiger partial charge is 0.410 e. The van der Waals surface area contributed by atoms with Crippen LogP contribution in [0, 0.1) is 5.82 Å². The monoisotopic (exact) mass is 458 g/mol. The standard InChI is InChI=1S/C25H31FN2O5/c1-24(2,3)33-23(31)28-13-11-25(12-14-28,17-7-5-8-18(26)15-17)16-27-22(30)21-19(29)9-6-10-20(21)32-4/h5-10,15,29H,11-14,16H2,1-4H3,(H,27,30). The van der Waals surface area contributed by atoms with Crippen LogP contribution in [0.3, 0.4) is 0 Å². The maximum Gasteiger partial charge on any atom is 0.410 e. The van der Waals surface area contributed by atoms with Crippen LogP contribution in [0.15, 0.2) is 42.5 Å². The topological polar surface area (TPSA) is 88.1 Å². The number of benzene rings is 2. The Labute approximate surface area is 193 Å². The molecule has 0 spiro atoms. The second-order valence-corrected chi connectivity index (χ2v) is 9.30.